The molecule has 0 radical (unpaired) electrons. The number of nitrogens with zero attached hydrogens (tertiary/aromatic N) is 2. The molecule has 0 saturated heterocycles. The minimum atomic E-state index is -0.254. The lowest BCUT2D eigenvalue weighted by atomic mass is 10.4. The quantitative estimate of drug-likeness (QED) is 0.685. The maximum Gasteiger partial charge on any atom is 0.244 e. The number of aromatic nitrogens is 2. The van der Waals surface area contributed by atoms with Gasteiger partial charge in [-0.05, 0) is 13.8 Å². The Morgan fingerprint density at radius 3 is 2.58 bits per heavy atom. The van der Waals surface area contributed by atoms with Crippen molar-refractivity contribution in [3.63, 3.8) is 0 Å². The Balaban J connectivity index is 2.77. The van der Waals surface area contributed by atoms with Crippen LogP contribution >= 0.6 is 11.6 Å². The number of halogens is 1. The van der Waals surface area contributed by atoms with Gasteiger partial charge in [-0.25, -0.2) is 0 Å². The summed E-state index contributed by atoms with van der Waals surface area (Å²) in [7, 11) is 1.59. The zero-order valence-corrected chi connectivity index (χ0v) is 8.00. The van der Waals surface area contributed by atoms with Gasteiger partial charge in [-0.2, -0.15) is 4.98 Å². The van der Waals surface area contributed by atoms with Crippen LogP contribution in [0.1, 0.15) is 37.0 Å². The van der Waals surface area contributed by atoms with E-state index in [-0.39, 0.29) is 11.5 Å². The van der Waals surface area contributed by atoms with Crippen molar-refractivity contribution in [2.45, 2.75) is 25.3 Å². The molecule has 0 N–H and O–H groups in total. The van der Waals surface area contributed by atoms with Crippen molar-refractivity contribution in [2.24, 2.45) is 0 Å². The molecule has 0 spiro atoms. The van der Waals surface area contributed by atoms with Gasteiger partial charge in [0.1, 0.15) is 11.5 Å². The molecule has 2 unspecified atom stereocenters. The van der Waals surface area contributed by atoms with Crippen LogP contribution in [-0.2, 0) is 4.74 Å². The van der Waals surface area contributed by atoms with Crippen molar-refractivity contribution in [1.29, 1.82) is 0 Å². The van der Waals surface area contributed by atoms with E-state index in [1.807, 2.05) is 6.92 Å². The number of methoxy groups -OCH3 is 1. The second-order valence-corrected chi connectivity index (χ2v) is 3.14. The first-order valence-electron chi connectivity index (χ1n) is 3.65. The maximum absolute atomic E-state index is 5.73. The summed E-state index contributed by atoms with van der Waals surface area (Å²) in [6.07, 6.45) is -0.155. The summed E-state index contributed by atoms with van der Waals surface area (Å²) < 4.78 is 9.88. The van der Waals surface area contributed by atoms with Gasteiger partial charge in [0, 0.05) is 7.11 Å². The highest BCUT2D eigenvalue weighted by Crippen LogP contribution is 2.19. The smallest absolute Gasteiger partial charge is 0.244 e. The van der Waals surface area contributed by atoms with Crippen molar-refractivity contribution in [3.05, 3.63) is 11.7 Å². The van der Waals surface area contributed by atoms with E-state index in [4.69, 9.17) is 20.9 Å². The van der Waals surface area contributed by atoms with Gasteiger partial charge in [0.05, 0.1) is 0 Å². The largest absolute Gasteiger partial charge is 0.374 e. The molecule has 0 amide bonds. The molecular formula is C7H11ClN2O2. The lowest BCUT2D eigenvalue weighted by molar-refractivity contribution is 0.109. The molecule has 0 bridgehead atoms. The molecule has 0 saturated carbocycles. The van der Waals surface area contributed by atoms with Gasteiger partial charge in [-0.3, -0.25) is 0 Å². The third-order valence-corrected chi connectivity index (χ3v) is 1.70. The van der Waals surface area contributed by atoms with E-state index in [1.165, 1.54) is 0 Å². The first kappa shape index (κ1) is 9.48. The van der Waals surface area contributed by atoms with Crippen LogP contribution in [0.15, 0.2) is 4.52 Å². The van der Waals surface area contributed by atoms with E-state index in [1.54, 1.807) is 14.0 Å². The number of hydrogen-bond acceptors (Lipinski definition) is 4. The Morgan fingerprint density at radius 1 is 1.50 bits per heavy atom. The van der Waals surface area contributed by atoms with E-state index in [9.17, 15) is 0 Å². The minimum absolute atomic E-state index is 0.155. The van der Waals surface area contributed by atoms with Crippen LogP contribution in [0.2, 0.25) is 0 Å². The fraction of sp³-hybridized carbons (Fsp3) is 0.714. The fourth-order valence-electron chi connectivity index (χ4n) is 0.679. The SMILES string of the molecule is COC(C)c1noc(C(C)Cl)n1. The molecular weight excluding hydrogens is 180 g/mol. The molecule has 0 aliphatic heterocycles. The van der Waals surface area contributed by atoms with E-state index in [0.717, 1.165) is 0 Å². The maximum atomic E-state index is 5.73. The predicted molar refractivity (Wildman–Crippen MR) is 44.0 cm³/mol. The van der Waals surface area contributed by atoms with Gasteiger partial charge >= 0.3 is 0 Å². The van der Waals surface area contributed by atoms with Crippen molar-refractivity contribution >= 4 is 11.6 Å². The molecule has 1 rings (SSSR count). The van der Waals surface area contributed by atoms with E-state index in [2.05, 4.69) is 10.1 Å². The Kier molecular flexibility index (Phi) is 3.05. The van der Waals surface area contributed by atoms with Crippen LogP contribution in [0.4, 0.5) is 0 Å². The second-order valence-electron chi connectivity index (χ2n) is 2.48. The molecule has 0 aromatic carbocycles. The van der Waals surface area contributed by atoms with Crippen molar-refractivity contribution in [1.82, 2.24) is 10.1 Å². The summed E-state index contributed by atoms with van der Waals surface area (Å²) in [5.41, 5.74) is 0. The first-order chi connectivity index (χ1) is 5.65. The average molecular weight is 191 g/mol. The predicted octanol–water partition coefficient (Wildman–Crippen LogP) is 2.08. The van der Waals surface area contributed by atoms with E-state index >= 15 is 0 Å². The third kappa shape index (κ3) is 1.95. The molecule has 1 aromatic heterocycles. The molecule has 68 valence electrons. The summed E-state index contributed by atoms with van der Waals surface area (Å²) in [5.74, 6) is 0.954. The summed E-state index contributed by atoms with van der Waals surface area (Å²) in [5, 5.41) is 3.46. The number of alkyl halides is 1. The monoisotopic (exact) mass is 190 g/mol. The number of ether oxygens (including phenoxy) is 1. The Bertz CT molecular complexity index is 249. The standard InChI is InChI=1S/C7H11ClN2O2/c1-4(8)7-9-6(10-12-7)5(2)11-3/h4-5H,1-3H3. The van der Waals surface area contributed by atoms with Gasteiger partial charge in [0.25, 0.3) is 0 Å². The van der Waals surface area contributed by atoms with Gasteiger partial charge in [-0.1, -0.05) is 5.16 Å². The summed E-state index contributed by atoms with van der Waals surface area (Å²) in [6.45, 7) is 3.61. The Morgan fingerprint density at radius 2 is 2.17 bits per heavy atom. The van der Waals surface area contributed by atoms with Crippen molar-refractivity contribution < 1.29 is 9.26 Å². The van der Waals surface area contributed by atoms with Gasteiger partial charge in [0.2, 0.25) is 5.89 Å². The van der Waals surface area contributed by atoms with Gasteiger partial charge < -0.3 is 9.26 Å². The number of rotatable bonds is 3. The highest BCUT2D eigenvalue weighted by Gasteiger charge is 2.15. The number of hydrogen-bond donors (Lipinski definition) is 0. The summed E-state index contributed by atoms with van der Waals surface area (Å²) in [4.78, 5) is 4.05. The molecule has 0 aliphatic carbocycles. The Hall–Kier alpha value is -0.610. The first-order valence-corrected chi connectivity index (χ1v) is 4.09. The highest BCUT2D eigenvalue weighted by molar-refractivity contribution is 6.20. The van der Waals surface area contributed by atoms with Crippen LogP contribution in [-0.4, -0.2) is 17.3 Å². The summed E-state index contributed by atoms with van der Waals surface area (Å²) >= 11 is 5.73. The zero-order chi connectivity index (χ0) is 9.14. The molecule has 4 nitrogen and oxygen atoms in total. The van der Waals surface area contributed by atoms with Gasteiger partial charge in [-0.15, -0.1) is 11.6 Å². The zero-order valence-electron chi connectivity index (χ0n) is 7.24. The van der Waals surface area contributed by atoms with Crippen LogP contribution in [0.25, 0.3) is 0 Å². The molecule has 1 heterocycles. The molecule has 5 heteroatoms. The molecule has 0 fully saturated rings. The minimum Gasteiger partial charge on any atom is -0.374 e. The summed E-state index contributed by atoms with van der Waals surface area (Å²) in [6, 6.07) is 0. The van der Waals surface area contributed by atoms with Crippen LogP contribution < -0.4 is 0 Å². The fourth-order valence-corrected chi connectivity index (χ4v) is 0.768. The normalized spacial score (nSPS) is 16.0. The third-order valence-electron chi connectivity index (χ3n) is 1.51. The highest BCUT2D eigenvalue weighted by atomic mass is 35.5. The lowest BCUT2D eigenvalue weighted by Gasteiger charge is -2.00. The van der Waals surface area contributed by atoms with Crippen molar-refractivity contribution in [3.8, 4) is 0 Å². The van der Waals surface area contributed by atoms with Crippen LogP contribution in [0.5, 0.6) is 0 Å². The topological polar surface area (TPSA) is 48.2 Å². The molecule has 12 heavy (non-hydrogen) atoms. The lowest BCUT2D eigenvalue weighted by Crippen LogP contribution is -1.98. The average Bonchev–Trinajstić information content (AvgIpc) is 2.51. The van der Waals surface area contributed by atoms with E-state index in [0.29, 0.717) is 11.7 Å². The second kappa shape index (κ2) is 3.87. The molecule has 0 aliphatic rings. The van der Waals surface area contributed by atoms with Crippen molar-refractivity contribution in [2.75, 3.05) is 7.11 Å². The molecule has 2 atom stereocenters. The van der Waals surface area contributed by atoms with E-state index < -0.39 is 0 Å². The van der Waals surface area contributed by atoms with Gasteiger partial charge in [0.15, 0.2) is 5.82 Å². The van der Waals surface area contributed by atoms with Crippen LogP contribution in [0, 0.1) is 0 Å². The Labute approximate surface area is 75.9 Å². The van der Waals surface area contributed by atoms with Crippen LogP contribution in [0.3, 0.4) is 0 Å². The molecule has 1 aromatic rings.